The van der Waals surface area contributed by atoms with Crippen molar-refractivity contribution in [3.8, 4) is 0 Å². The molecule has 0 aliphatic heterocycles. The van der Waals surface area contributed by atoms with Gasteiger partial charge in [0, 0.05) is 7.11 Å². The van der Waals surface area contributed by atoms with Gasteiger partial charge in [-0.25, -0.2) is 0 Å². The van der Waals surface area contributed by atoms with E-state index in [1.807, 2.05) is 0 Å². The summed E-state index contributed by atoms with van der Waals surface area (Å²) in [7, 11) is 2.65. The molecule has 0 rings (SSSR count). The van der Waals surface area contributed by atoms with Crippen LogP contribution in [0, 0.1) is 0 Å². The van der Waals surface area contributed by atoms with Crippen molar-refractivity contribution in [2.45, 2.75) is 0 Å². The van der Waals surface area contributed by atoms with E-state index in [0.29, 0.717) is 0 Å². The second-order valence-electron chi connectivity index (χ2n) is 0.289. The van der Waals surface area contributed by atoms with Gasteiger partial charge in [0.05, 0.1) is 0 Å². The summed E-state index contributed by atoms with van der Waals surface area (Å²) in [6.45, 7) is 0. The first kappa shape index (κ1) is 16.4. The van der Waals surface area contributed by atoms with Crippen molar-refractivity contribution in [1.82, 2.24) is 5.43 Å². The van der Waals surface area contributed by atoms with Crippen LogP contribution in [0.3, 0.4) is 0 Å². The number of nitrogens with one attached hydrogen (secondary N) is 1. The van der Waals surface area contributed by atoms with E-state index in [-0.39, 0.29) is 12.4 Å². The molecule has 0 aromatic rings. The summed E-state index contributed by atoms with van der Waals surface area (Å²) < 4.78 is 0. The molecule has 3 nitrogen and oxygen atoms in total. The molecule has 0 saturated heterocycles. The SMILES string of the molecule is CNN.CO.Cl. The zero-order chi connectivity index (χ0) is 4.71. The average Bonchev–Trinajstić information content (AvgIpc) is 1.46. The van der Waals surface area contributed by atoms with Crippen molar-refractivity contribution in [2.24, 2.45) is 5.84 Å². The van der Waals surface area contributed by atoms with Crippen molar-refractivity contribution in [3.63, 3.8) is 0 Å². The van der Waals surface area contributed by atoms with Crippen LogP contribution in [0.4, 0.5) is 0 Å². The molecule has 0 fully saturated rings. The van der Waals surface area contributed by atoms with Crippen LogP contribution in [-0.2, 0) is 0 Å². The van der Waals surface area contributed by atoms with Gasteiger partial charge in [0.15, 0.2) is 0 Å². The lowest BCUT2D eigenvalue weighted by atomic mass is 11.5. The lowest BCUT2D eigenvalue weighted by molar-refractivity contribution is 0.399. The highest BCUT2D eigenvalue weighted by Gasteiger charge is 1.22. The monoisotopic (exact) mass is 114 g/mol. The zero-order valence-electron chi connectivity index (χ0n) is 3.93. The van der Waals surface area contributed by atoms with Crippen LogP contribution >= 0.6 is 12.4 Å². The molecule has 4 heteroatoms. The molecule has 0 atom stereocenters. The van der Waals surface area contributed by atoms with E-state index in [1.54, 1.807) is 7.05 Å². The van der Waals surface area contributed by atoms with Crippen LogP contribution in [0.25, 0.3) is 0 Å². The average molecular weight is 115 g/mol. The topological polar surface area (TPSA) is 58.3 Å². The molecular formula is C2H11ClN2O. The first-order valence-corrected chi connectivity index (χ1v) is 1.24. The Morgan fingerprint density at radius 1 is 1.50 bits per heavy atom. The van der Waals surface area contributed by atoms with Gasteiger partial charge in [-0.05, 0) is 7.05 Å². The smallest absolute Gasteiger partial charge is 0.0319 e. The lowest BCUT2D eigenvalue weighted by Gasteiger charge is -1.62. The minimum atomic E-state index is 0. The molecule has 0 radical (unpaired) electrons. The van der Waals surface area contributed by atoms with Gasteiger partial charge in [-0.3, -0.25) is 11.3 Å². The van der Waals surface area contributed by atoms with Gasteiger partial charge >= 0.3 is 0 Å². The molecule has 0 amide bonds. The Labute approximate surface area is 43.9 Å². The standard InChI is InChI=1S/CH6N2.CH4O.ClH/c1-3-2;1-2;/h3H,2H2,1H3;2H,1H3;1H. The largest absolute Gasteiger partial charge is 0.400 e. The Morgan fingerprint density at radius 2 is 1.50 bits per heavy atom. The molecule has 0 aromatic heterocycles. The summed E-state index contributed by atoms with van der Waals surface area (Å²) in [5, 5.41) is 7.00. The van der Waals surface area contributed by atoms with E-state index < -0.39 is 0 Å². The fraction of sp³-hybridized carbons (Fsp3) is 1.00. The number of nitrogens with two attached hydrogens (primary N) is 1. The predicted molar refractivity (Wildman–Crippen MR) is 28.6 cm³/mol. The van der Waals surface area contributed by atoms with E-state index in [4.69, 9.17) is 5.11 Å². The Balaban J connectivity index is -0.0000000275. The van der Waals surface area contributed by atoms with Gasteiger partial charge in [-0.1, -0.05) is 0 Å². The molecule has 0 heterocycles. The van der Waals surface area contributed by atoms with Crippen LogP contribution in [0.15, 0.2) is 0 Å². The van der Waals surface area contributed by atoms with E-state index in [2.05, 4.69) is 11.3 Å². The Hall–Kier alpha value is 0.170. The van der Waals surface area contributed by atoms with Crippen LogP contribution < -0.4 is 11.3 Å². The van der Waals surface area contributed by atoms with E-state index in [0.717, 1.165) is 7.11 Å². The number of aliphatic hydroxyl groups excluding tert-OH is 1. The lowest BCUT2D eigenvalue weighted by Crippen LogP contribution is -2.13. The maximum Gasteiger partial charge on any atom is 0.0319 e. The Kier molecular flexibility index (Phi) is 180. The van der Waals surface area contributed by atoms with E-state index in [1.165, 1.54) is 0 Å². The highest BCUT2D eigenvalue weighted by Crippen LogP contribution is 0.817. The molecule has 0 spiro atoms. The maximum atomic E-state index is 7.00. The number of hydrogen-bond acceptors (Lipinski definition) is 3. The van der Waals surface area contributed by atoms with Crippen molar-refractivity contribution in [2.75, 3.05) is 14.2 Å². The molecule has 0 saturated carbocycles. The van der Waals surface area contributed by atoms with Gasteiger partial charge in [0.1, 0.15) is 0 Å². The van der Waals surface area contributed by atoms with E-state index >= 15 is 0 Å². The van der Waals surface area contributed by atoms with Crippen LogP contribution in [0.1, 0.15) is 0 Å². The van der Waals surface area contributed by atoms with Crippen molar-refractivity contribution in [1.29, 1.82) is 0 Å². The fourth-order valence-electron chi connectivity index (χ4n) is 0. The number of halogens is 1. The minimum absolute atomic E-state index is 0. The van der Waals surface area contributed by atoms with E-state index in [9.17, 15) is 0 Å². The van der Waals surface area contributed by atoms with Gasteiger partial charge in [0.25, 0.3) is 0 Å². The summed E-state index contributed by atoms with van der Waals surface area (Å²) in [5.41, 5.74) is 2.25. The quantitative estimate of drug-likeness (QED) is 0.283. The van der Waals surface area contributed by atoms with Crippen molar-refractivity contribution >= 4 is 12.4 Å². The minimum Gasteiger partial charge on any atom is -0.400 e. The van der Waals surface area contributed by atoms with Crippen LogP contribution in [-0.4, -0.2) is 19.3 Å². The molecule has 4 N–H and O–H groups in total. The summed E-state index contributed by atoms with van der Waals surface area (Å²) in [5.74, 6) is 4.60. The van der Waals surface area contributed by atoms with Crippen LogP contribution in [0.2, 0.25) is 0 Å². The van der Waals surface area contributed by atoms with Gasteiger partial charge in [-0.2, -0.15) is 0 Å². The molecule has 0 aliphatic carbocycles. The highest BCUT2D eigenvalue weighted by molar-refractivity contribution is 5.85. The summed E-state index contributed by atoms with van der Waals surface area (Å²) in [6.07, 6.45) is 0. The third-order valence-electron chi connectivity index (χ3n) is 0. The molecule has 0 unspecified atom stereocenters. The number of hydrogen-bond donors (Lipinski definition) is 3. The number of hydrazine groups is 1. The maximum absolute atomic E-state index is 7.00. The molecule has 0 aliphatic rings. The van der Waals surface area contributed by atoms with Crippen molar-refractivity contribution in [3.05, 3.63) is 0 Å². The van der Waals surface area contributed by atoms with Gasteiger partial charge < -0.3 is 5.11 Å². The third kappa shape index (κ3) is 1450. The molecular weight excluding hydrogens is 103 g/mol. The van der Waals surface area contributed by atoms with Crippen LogP contribution in [0.5, 0.6) is 0 Å². The Morgan fingerprint density at radius 3 is 1.50 bits per heavy atom. The summed E-state index contributed by atoms with van der Waals surface area (Å²) in [4.78, 5) is 0. The molecule has 6 heavy (non-hydrogen) atoms. The highest BCUT2D eigenvalue weighted by atomic mass is 35.5. The van der Waals surface area contributed by atoms with Gasteiger partial charge in [-0.15, -0.1) is 12.4 Å². The number of aliphatic hydroxyl groups is 1. The van der Waals surface area contributed by atoms with Gasteiger partial charge in [0.2, 0.25) is 0 Å². The fourth-order valence-corrected chi connectivity index (χ4v) is 0. The molecule has 42 valence electrons. The summed E-state index contributed by atoms with van der Waals surface area (Å²) >= 11 is 0. The number of rotatable bonds is 0. The summed E-state index contributed by atoms with van der Waals surface area (Å²) in [6, 6.07) is 0. The second-order valence-corrected chi connectivity index (χ2v) is 0.289. The molecule has 0 aromatic carbocycles. The first-order valence-electron chi connectivity index (χ1n) is 1.24. The van der Waals surface area contributed by atoms with Crippen molar-refractivity contribution < 1.29 is 5.11 Å². The zero-order valence-corrected chi connectivity index (χ0v) is 4.75. The predicted octanol–water partition coefficient (Wildman–Crippen LogP) is -0.890. The Bertz CT molecular complexity index is 11.5. The molecule has 0 bridgehead atoms. The third-order valence-corrected chi connectivity index (χ3v) is 0. The second kappa shape index (κ2) is 65.7. The normalized spacial score (nSPS) is 4.00. The first-order chi connectivity index (χ1) is 2.41.